The molecule has 2 aliphatic heterocycles. The second kappa shape index (κ2) is 6.34. The lowest BCUT2D eigenvalue weighted by Gasteiger charge is -2.30. The van der Waals surface area contributed by atoms with Gasteiger partial charge in [0.25, 0.3) is 0 Å². The van der Waals surface area contributed by atoms with Gasteiger partial charge in [-0.2, -0.15) is 0 Å². The van der Waals surface area contributed by atoms with Crippen LogP contribution in [0.1, 0.15) is 43.1 Å². The Morgan fingerprint density at radius 1 is 1.41 bits per heavy atom. The lowest BCUT2D eigenvalue weighted by molar-refractivity contribution is -0.133. The van der Waals surface area contributed by atoms with Gasteiger partial charge < -0.3 is 10.0 Å². The number of pyridine rings is 1. The molecule has 1 fully saturated rings. The van der Waals surface area contributed by atoms with Crippen molar-refractivity contribution in [3.05, 3.63) is 29.1 Å². The molecule has 3 rings (SSSR count). The van der Waals surface area contributed by atoms with Crippen molar-refractivity contribution in [1.29, 1.82) is 0 Å². The van der Waals surface area contributed by atoms with Gasteiger partial charge in [0.1, 0.15) is 0 Å². The van der Waals surface area contributed by atoms with Crippen LogP contribution in [0.3, 0.4) is 0 Å². The summed E-state index contributed by atoms with van der Waals surface area (Å²) in [5.74, 6) is 0.597. The number of aromatic nitrogens is 1. The fraction of sp³-hybridized carbons (Fsp3) is 0.647. The SMILES string of the molecule is CC(C)c1ccc2c(n1)CCN(C(=O)CN1CC[C@H](O)C1)C2. The fourth-order valence-corrected chi connectivity index (χ4v) is 3.21. The third-order valence-electron chi connectivity index (χ3n) is 4.62. The van der Waals surface area contributed by atoms with Gasteiger partial charge in [-0.3, -0.25) is 14.7 Å². The van der Waals surface area contributed by atoms with Gasteiger partial charge in [0, 0.05) is 44.0 Å². The van der Waals surface area contributed by atoms with Crippen LogP contribution in [0.15, 0.2) is 12.1 Å². The number of nitrogens with zero attached hydrogens (tertiary/aromatic N) is 3. The Morgan fingerprint density at radius 2 is 2.23 bits per heavy atom. The van der Waals surface area contributed by atoms with Crippen molar-refractivity contribution in [3.8, 4) is 0 Å². The van der Waals surface area contributed by atoms with Crippen LogP contribution in [0.2, 0.25) is 0 Å². The molecule has 0 spiro atoms. The Labute approximate surface area is 131 Å². The van der Waals surface area contributed by atoms with Crippen molar-refractivity contribution >= 4 is 5.91 Å². The molecule has 0 saturated carbocycles. The number of amides is 1. The third kappa shape index (κ3) is 3.31. The first-order valence-electron chi connectivity index (χ1n) is 8.20. The Kier molecular flexibility index (Phi) is 4.45. The minimum atomic E-state index is -0.270. The summed E-state index contributed by atoms with van der Waals surface area (Å²) in [5.41, 5.74) is 3.45. The zero-order valence-electron chi connectivity index (χ0n) is 13.5. The third-order valence-corrected chi connectivity index (χ3v) is 4.62. The summed E-state index contributed by atoms with van der Waals surface area (Å²) >= 11 is 0. The standard InChI is InChI=1S/C17H25N3O2/c1-12(2)15-4-3-13-9-20(8-6-16(13)18-15)17(22)11-19-7-5-14(21)10-19/h3-4,12,14,21H,5-11H2,1-2H3/t14-/m0/s1. The van der Waals surface area contributed by atoms with Crippen LogP contribution < -0.4 is 0 Å². The van der Waals surface area contributed by atoms with Crippen molar-refractivity contribution in [2.75, 3.05) is 26.2 Å². The molecule has 0 aliphatic carbocycles. The van der Waals surface area contributed by atoms with Gasteiger partial charge in [-0.15, -0.1) is 0 Å². The monoisotopic (exact) mass is 303 g/mol. The zero-order valence-corrected chi connectivity index (χ0v) is 13.5. The summed E-state index contributed by atoms with van der Waals surface area (Å²) in [5, 5.41) is 9.55. The highest BCUT2D eigenvalue weighted by Gasteiger charge is 2.26. The van der Waals surface area contributed by atoms with E-state index in [2.05, 4.69) is 26.0 Å². The maximum absolute atomic E-state index is 12.4. The maximum Gasteiger partial charge on any atom is 0.237 e. The van der Waals surface area contributed by atoms with Gasteiger partial charge in [0.05, 0.1) is 12.6 Å². The highest BCUT2D eigenvalue weighted by atomic mass is 16.3. The zero-order chi connectivity index (χ0) is 15.7. The topological polar surface area (TPSA) is 56.7 Å². The minimum Gasteiger partial charge on any atom is -0.392 e. The number of hydrogen-bond acceptors (Lipinski definition) is 4. The number of fused-ring (bicyclic) bond motifs is 1. The summed E-state index contributed by atoms with van der Waals surface area (Å²) in [7, 11) is 0. The predicted molar refractivity (Wildman–Crippen MR) is 84.5 cm³/mol. The van der Waals surface area contributed by atoms with Gasteiger partial charge in [0.2, 0.25) is 5.91 Å². The second-order valence-corrected chi connectivity index (χ2v) is 6.74. The summed E-state index contributed by atoms with van der Waals surface area (Å²) < 4.78 is 0. The molecule has 3 heterocycles. The first-order valence-corrected chi connectivity index (χ1v) is 8.20. The Balaban J connectivity index is 1.62. The fourth-order valence-electron chi connectivity index (χ4n) is 3.21. The van der Waals surface area contributed by atoms with Gasteiger partial charge >= 0.3 is 0 Å². The van der Waals surface area contributed by atoms with Gasteiger partial charge in [-0.05, 0) is 24.0 Å². The molecule has 22 heavy (non-hydrogen) atoms. The van der Waals surface area contributed by atoms with Crippen molar-refractivity contribution in [1.82, 2.24) is 14.8 Å². The largest absolute Gasteiger partial charge is 0.392 e. The molecular weight excluding hydrogens is 278 g/mol. The number of likely N-dealkylation sites (tertiary alicyclic amines) is 1. The van der Waals surface area contributed by atoms with Crippen LogP contribution in [0, 0.1) is 0 Å². The number of aliphatic hydroxyl groups excluding tert-OH is 1. The lowest BCUT2D eigenvalue weighted by atomic mass is 10.0. The molecule has 1 aromatic heterocycles. The van der Waals surface area contributed by atoms with Crippen LogP contribution in [0.4, 0.5) is 0 Å². The Morgan fingerprint density at radius 3 is 2.91 bits per heavy atom. The molecule has 2 aliphatic rings. The number of rotatable bonds is 3. The molecule has 0 unspecified atom stereocenters. The van der Waals surface area contributed by atoms with Crippen LogP contribution in [-0.2, 0) is 17.8 Å². The molecule has 0 aromatic carbocycles. The van der Waals surface area contributed by atoms with E-state index in [1.165, 1.54) is 5.56 Å². The van der Waals surface area contributed by atoms with Crippen molar-refractivity contribution in [3.63, 3.8) is 0 Å². The van der Waals surface area contributed by atoms with E-state index in [1.807, 2.05) is 9.80 Å². The van der Waals surface area contributed by atoms with E-state index < -0.39 is 0 Å². The van der Waals surface area contributed by atoms with E-state index in [9.17, 15) is 9.90 Å². The van der Waals surface area contributed by atoms with E-state index in [0.29, 0.717) is 25.6 Å². The van der Waals surface area contributed by atoms with Crippen LogP contribution in [0.25, 0.3) is 0 Å². The average molecular weight is 303 g/mol. The van der Waals surface area contributed by atoms with Crippen molar-refractivity contribution < 1.29 is 9.90 Å². The summed E-state index contributed by atoms with van der Waals surface area (Å²) in [6.07, 6.45) is 1.34. The highest BCUT2D eigenvalue weighted by Crippen LogP contribution is 2.21. The van der Waals surface area contributed by atoms with Crippen LogP contribution in [-0.4, -0.2) is 58.1 Å². The normalized spacial score (nSPS) is 22.2. The van der Waals surface area contributed by atoms with Crippen molar-refractivity contribution in [2.45, 2.75) is 45.3 Å². The molecule has 1 saturated heterocycles. The number of aliphatic hydroxyl groups is 1. The summed E-state index contributed by atoms with van der Waals surface area (Å²) in [4.78, 5) is 21.1. The average Bonchev–Trinajstić information content (AvgIpc) is 2.91. The van der Waals surface area contributed by atoms with E-state index in [1.54, 1.807) is 0 Å². The van der Waals surface area contributed by atoms with Crippen LogP contribution >= 0.6 is 0 Å². The molecule has 1 N–H and O–H groups in total. The minimum absolute atomic E-state index is 0.160. The summed E-state index contributed by atoms with van der Waals surface area (Å²) in [6.45, 7) is 7.57. The molecular formula is C17H25N3O2. The first kappa shape index (κ1) is 15.4. The quantitative estimate of drug-likeness (QED) is 0.910. The molecule has 120 valence electrons. The molecule has 0 radical (unpaired) electrons. The van der Waals surface area contributed by atoms with Crippen molar-refractivity contribution in [2.24, 2.45) is 0 Å². The number of carbonyl (C=O) groups excluding carboxylic acids is 1. The molecule has 1 amide bonds. The Bertz CT molecular complexity index is 559. The summed E-state index contributed by atoms with van der Waals surface area (Å²) in [6, 6.07) is 4.20. The highest BCUT2D eigenvalue weighted by molar-refractivity contribution is 5.78. The number of β-amino-alcohol motifs (C(OH)–C–C–N with tert-alkyl or cyclic N) is 1. The first-order chi connectivity index (χ1) is 10.5. The maximum atomic E-state index is 12.4. The van der Waals surface area contributed by atoms with Gasteiger partial charge in [-0.1, -0.05) is 19.9 Å². The molecule has 1 atom stereocenters. The number of hydrogen-bond donors (Lipinski definition) is 1. The van der Waals surface area contributed by atoms with E-state index >= 15 is 0 Å². The predicted octanol–water partition coefficient (Wildman–Crippen LogP) is 1.16. The second-order valence-electron chi connectivity index (χ2n) is 6.74. The molecule has 5 nitrogen and oxygen atoms in total. The van der Waals surface area contributed by atoms with Gasteiger partial charge in [-0.25, -0.2) is 0 Å². The Hall–Kier alpha value is -1.46. The van der Waals surface area contributed by atoms with E-state index in [0.717, 1.165) is 37.3 Å². The molecule has 5 heteroatoms. The molecule has 0 bridgehead atoms. The van der Waals surface area contributed by atoms with E-state index in [4.69, 9.17) is 4.98 Å². The lowest BCUT2D eigenvalue weighted by Crippen LogP contribution is -2.42. The van der Waals surface area contributed by atoms with Crippen LogP contribution in [0.5, 0.6) is 0 Å². The van der Waals surface area contributed by atoms with E-state index in [-0.39, 0.29) is 12.0 Å². The van der Waals surface area contributed by atoms with Gasteiger partial charge in [0.15, 0.2) is 0 Å². The molecule has 1 aromatic rings. The smallest absolute Gasteiger partial charge is 0.237 e. The number of carbonyl (C=O) groups is 1.